The molecule has 0 radical (unpaired) electrons. The zero-order chi connectivity index (χ0) is 13.9. The van der Waals surface area contributed by atoms with Gasteiger partial charge in [-0.05, 0) is 24.6 Å². The van der Waals surface area contributed by atoms with E-state index in [1.165, 1.54) is 0 Å². The van der Waals surface area contributed by atoms with Gasteiger partial charge in [-0.3, -0.25) is 0 Å². The van der Waals surface area contributed by atoms with Crippen LogP contribution >= 0.6 is 11.6 Å². The number of imidazole rings is 1. The van der Waals surface area contributed by atoms with E-state index in [-0.39, 0.29) is 0 Å². The molecule has 0 amide bonds. The molecule has 0 aromatic heterocycles. The lowest BCUT2D eigenvalue weighted by molar-refractivity contribution is 0.761. The Labute approximate surface area is 122 Å². The predicted molar refractivity (Wildman–Crippen MR) is 79.2 cm³/mol. The van der Waals surface area contributed by atoms with Crippen molar-refractivity contribution in [3.05, 3.63) is 47.5 Å². The third-order valence-electron chi connectivity index (χ3n) is 3.01. The topological polar surface area (TPSA) is 55.6 Å². The van der Waals surface area contributed by atoms with E-state index >= 15 is 0 Å². The maximum absolute atomic E-state index is 5.90. The summed E-state index contributed by atoms with van der Waals surface area (Å²) in [4.78, 5) is 13.0. The number of aromatic nitrogens is 4. The van der Waals surface area contributed by atoms with E-state index in [1.54, 1.807) is 12.7 Å². The minimum atomic E-state index is 0.686. The van der Waals surface area contributed by atoms with Crippen LogP contribution in [0, 0.1) is 0 Å². The summed E-state index contributed by atoms with van der Waals surface area (Å²) < 4.78 is 1.98. The van der Waals surface area contributed by atoms with Crippen LogP contribution in [0.5, 0.6) is 0 Å². The van der Waals surface area contributed by atoms with Gasteiger partial charge in [-0.15, -0.1) is 0 Å². The number of fused-ring (bicyclic) bond motifs is 1. The molecule has 0 spiro atoms. The first kappa shape index (κ1) is 12.9. The molecular formula is C14H14ClN5. The minimum absolute atomic E-state index is 0.686. The van der Waals surface area contributed by atoms with Crippen LogP contribution in [0.2, 0.25) is 5.02 Å². The van der Waals surface area contributed by atoms with Crippen LogP contribution < -0.4 is 5.32 Å². The van der Waals surface area contributed by atoms with Crippen LogP contribution in [-0.4, -0.2) is 26.1 Å². The quantitative estimate of drug-likeness (QED) is 0.801. The van der Waals surface area contributed by atoms with E-state index in [0.29, 0.717) is 6.54 Å². The zero-order valence-electron chi connectivity index (χ0n) is 11.0. The van der Waals surface area contributed by atoms with E-state index in [0.717, 1.165) is 34.5 Å². The minimum Gasteiger partial charge on any atom is -0.368 e. The molecule has 2 aliphatic rings. The molecule has 102 valence electrons. The van der Waals surface area contributed by atoms with Gasteiger partial charge in [0.1, 0.15) is 6.33 Å². The molecule has 0 aliphatic carbocycles. The second-order valence-electron chi connectivity index (χ2n) is 4.42. The average molecular weight is 288 g/mol. The van der Waals surface area contributed by atoms with E-state index in [4.69, 9.17) is 11.6 Å². The van der Waals surface area contributed by atoms with Gasteiger partial charge < -0.3 is 9.88 Å². The van der Waals surface area contributed by atoms with Crippen molar-refractivity contribution in [3.63, 3.8) is 0 Å². The number of halogens is 1. The van der Waals surface area contributed by atoms with Gasteiger partial charge in [0.2, 0.25) is 0 Å². The molecule has 0 unspecified atom stereocenters. The fourth-order valence-corrected chi connectivity index (χ4v) is 2.21. The van der Waals surface area contributed by atoms with Crippen LogP contribution in [0.3, 0.4) is 0 Å². The Balaban J connectivity index is 1.94. The monoisotopic (exact) mass is 287 g/mol. The van der Waals surface area contributed by atoms with E-state index in [9.17, 15) is 0 Å². The van der Waals surface area contributed by atoms with Crippen molar-refractivity contribution < 1.29 is 0 Å². The number of hydrogen-bond acceptors (Lipinski definition) is 4. The van der Waals surface area contributed by atoms with Crippen LogP contribution in [-0.2, 0) is 6.54 Å². The third-order valence-corrected chi connectivity index (χ3v) is 3.26. The summed E-state index contributed by atoms with van der Waals surface area (Å²) in [5.74, 6) is 1.60. The molecule has 2 heterocycles. The number of nitrogens with one attached hydrogen (secondary N) is 1. The first-order valence-electron chi connectivity index (χ1n) is 6.42. The van der Waals surface area contributed by atoms with Gasteiger partial charge in [0, 0.05) is 11.6 Å². The molecule has 1 N–H and O–H groups in total. The fraction of sp³-hybridized carbons (Fsp3) is 0.214. The second kappa shape index (κ2) is 5.46. The Morgan fingerprint density at radius 1 is 1.15 bits per heavy atom. The van der Waals surface area contributed by atoms with Crippen LogP contribution in [0.1, 0.15) is 12.5 Å². The summed E-state index contributed by atoms with van der Waals surface area (Å²) >= 11 is 5.90. The standard InChI is InChI=1S/C14H14ClN5/c1-2-16-13-12-14(18-8-17-12)20(9-19-13)7-10-3-5-11(15)6-4-10/h3-6,8-9,16H,2,7H2,1H3. The number of anilines is 1. The van der Waals surface area contributed by atoms with Crippen molar-refractivity contribution >= 4 is 17.4 Å². The summed E-state index contributed by atoms with van der Waals surface area (Å²) in [6.07, 6.45) is 3.34. The maximum Gasteiger partial charge on any atom is 0.165 e. The Hall–Kier alpha value is -2.14. The van der Waals surface area contributed by atoms with E-state index in [1.807, 2.05) is 35.8 Å². The van der Waals surface area contributed by atoms with E-state index < -0.39 is 0 Å². The van der Waals surface area contributed by atoms with Gasteiger partial charge in [0.05, 0.1) is 12.9 Å². The van der Waals surface area contributed by atoms with Crippen molar-refractivity contribution in [1.29, 1.82) is 0 Å². The van der Waals surface area contributed by atoms with Crippen molar-refractivity contribution in [3.8, 4) is 11.5 Å². The third kappa shape index (κ3) is 2.44. The molecule has 1 aromatic rings. The van der Waals surface area contributed by atoms with Gasteiger partial charge in [-0.1, -0.05) is 23.7 Å². The number of benzene rings is 1. The molecule has 0 saturated heterocycles. The molecule has 3 rings (SSSR count). The van der Waals surface area contributed by atoms with Crippen molar-refractivity contribution in [2.75, 3.05) is 11.9 Å². The smallest absolute Gasteiger partial charge is 0.165 e. The molecule has 0 fully saturated rings. The summed E-state index contributed by atoms with van der Waals surface area (Å²) in [7, 11) is 0. The molecule has 0 saturated carbocycles. The molecule has 2 aliphatic heterocycles. The highest BCUT2D eigenvalue weighted by molar-refractivity contribution is 6.30. The van der Waals surface area contributed by atoms with Crippen LogP contribution in [0.4, 0.5) is 5.82 Å². The summed E-state index contributed by atoms with van der Waals surface area (Å²) in [6.45, 7) is 3.51. The molecule has 0 bridgehead atoms. The summed E-state index contributed by atoms with van der Waals surface area (Å²) in [5, 5.41) is 3.92. The highest BCUT2D eigenvalue weighted by Gasteiger charge is 2.16. The number of nitrogens with zero attached hydrogens (tertiary/aromatic N) is 4. The molecule has 1 aromatic carbocycles. The molecule has 0 atom stereocenters. The molecule has 5 nitrogen and oxygen atoms in total. The Morgan fingerprint density at radius 2 is 1.95 bits per heavy atom. The average Bonchev–Trinajstić information content (AvgIpc) is 2.94. The maximum atomic E-state index is 5.90. The van der Waals surface area contributed by atoms with Gasteiger partial charge in [0.25, 0.3) is 0 Å². The van der Waals surface area contributed by atoms with Crippen LogP contribution in [0.25, 0.3) is 11.5 Å². The Kier molecular flexibility index (Phi) is 3.52. The van der Waals surface area contributed by atoms with Crippen molar-refractivity contribution in [2.45, 2.75) is 13.5 Å². The fourth-order valence-electron chi connectivity index (χ4n) is 2.08. The first-order chi connectivity index (χ1) is 9.78. The Bertz CT molecular complexity index is 677. The Morgan fingerprint density at radius 3 is 2.70 bits per heavy atom. The van der Waals surface area contributed by atoms with Crippen LogP contribution in [0.15, 0.2) is 36.9 Å². The lowest BCUT2D eigenvalue weighted by Gasteiger charge is -2.13. The highest BCUT2D eigenvalue weighted by Crippen LogP contribution is 2.24. The largest absolute Gasteiger partial charge is 0.368 e. The summed E-state index contributed by atoms with van der Waals surface area (Å²) in [6, 6.07) is 7.75. The first-order valence-corrected chi connectivity index (χ1v) is 6.80. The van der Waals surface area contributed by atoms with E-state index in [2.05, 4.69) is 20.3 Å². The van der Waals surface area contributed by atoms with Gasteiger partial charge in [0.15, 0.2) is 17.3 Å². The molecule has 20 heavy (non-hydrogen) atoms. The zero-order valence-corrected chi connectivity index (χ0v) is 11.8. The highest BCUT2D eigenvalue weighted by atomic mass is 35.5. The summed E-state index contributed by atoms with van der Waals surface area (Å²) in [5.41, 5.74) is 1.94. The second-order valence-corrected chi connectivity index (χ2v) is 4.86. The predicted octanol–water partition coefficient (Wildman–Crippen LogP) is 2.91. The van der Waals surface area contributed by atoms with Gasteiger partial charge in [-0.25, -0.2) is 15.0 Å². The van der Waals surface area contributed by atoms with Gasteiger partial charge >= 0.3 is 0 Å². The molecule has 6 heteroatoms. The lowest BCUT2D eigenvalue weighted by Crippen LogP contribution is -2.10. The SMILES string of the molecule is CCNc1ncn(Cc2ccc(Cl)cc2)c2ncnc1-2. The van der Waals surface area contributed by atoms with Crippen molar-refractivity contribution in [1.82, 2.24) is 19.5 Å². The molecular weight excluding hydrogens is 274 g/mol. The lowest BCUT2D eigenvalue weighted by atomic mass is 10.2. The normalized spacial score (nSPS) is 10.9. The van der Waals surface area contributed by atoms with Crippen molar-refractivity contribution in [2.24, 2.45) is 0 Å². The number of hydrogen-bond donors (Lipinski definition) is 1. The number of rotatable bonds is 4. The van der Waals surface area contributed by atoms with Gasteiger partial charge in [-0.2, -0.15) is 0 Å².